The molecule has 2 amide bonds. The molecule has 0 spiro atoms. The standard InChI is InChI=1S/C10H18N2O3S/c13-10(11-6-8-2-1-3-8)12-9-4-5-16(14,15)7-9/h8-9H,1-7H2,(H2,11,12,13)/t9-/m1/s1. The summed E-state index contributed by atoms with van der Waals surface area (Å²) in [6, 6.07) is -0.430. The van der Waals surface area contributed by atoms with E-state index >= 15 is 0 Å². The molecule has 2 rings (SSSR count). The molecule has 1 aliphatic heterocycles. The van der Waals surface area contributed by atoms with Crippen LogP contribution in [0.15, 0.2) is 0 Å². The lowest BCUT2D eigenvalue weighted by atomic mass is 9.85. The van der Waals surface area contributed by atoms with Crippen molar-refractivity contribution in [1.82, 2.24) is 10.6 Å². The lowest BCUT2D eigenvalue weighted by molar-refractivity contribution is 0.230. The second-order valence-electron chi connectivity index (χ2n) is 4.75. The molecule has 2 aliphatic rings. The van der Waals surface area contributed by atoms with Crippen LogP contribution in [0, 0.1) is 5.92 Å². The van der Waals surface area contributed by atoms with Crippen LogP contribution in [0.3, 0.4) is 0 Å². The predicted molar refractivity (Wildman–Crippen MR) is 60.9 cm³/mol. The zero-order valence-electron chi connectivity index (χ0n) is 9.24. The first-order valence-corrected chi connectivity index (χ1v) is 7.62. The van der Waals surface area contributed by atoms with Crippen LogP contribution in [0.1, 0.15) is 25.7 Å². The van der Waals surface area contributed by atoms with Gasteiger partial charge in [0.2, 0.25) is 0 Å². The van der Waals surface area contributed by atoms with Gasteiger partial charge in [0.15, 0.2) is 9.84 Å². The van der Waals surface area contributed by atoms with Crippen LogP contribution in [0.5, 0.6) is 0 Å². The smallest absolute Gasteiger partial charge is 0.315 e. The fraction of sp³-hybridized carbons (Fsp3) is 0.900. The van der Waals surface area contributed by atoms with E-state index < -0.39 is 9.84 Å². The predicted octanol–water partition coefficient (Wildman–Crippen LogP) is 0.273. The summed E-state index contributed by atoms with van der Waals surface area (Å²) < 4.78 is 22.3. The van der Waals surface area contributed by atoms with Crippen molar-refractivity contribution in [2.75, 3.05) is 18.1 Å². The summed E-state index contributed by atoms with van der Waals surface area (Å²) in [4.78, 5) is 11.4. The number of hydrogen-bond donors (Lipinski definition) is 2. The number of hydrogen-bond acceptors (Lipinski definition) is 3. The molecule has 0 aromatic heterocycles. The third-order valence-corrected chi connectivity index (χ3v) is 5.11. The summed E-state index contributed by atoms with van der Waals surface area (Å²) in [6.07, 6.45) is 4.18. The molecule has 5 nitrogen and oxygen atoms in total. The van der Waals surface area contributed by atoms with Gasteiger partial charge in [-0.2, -0.15) is 0 Å². The SMILES string of the molecule is O=C(NCC1CCC1)N[C@@H]1CCS(=O)(=O)C1. The topological polar surface area (TPSA) is 75.3 Å². The van der Waals surface area contributed by atoms with Crippen LogP contribution in [0.4, 0.5) is 4.79 Å². The van der Waals surface area contributed by atoms with E-state index in [2.05, 4.69) is 10.6 Å². The lowest BCUT2D eigenvalue weighted by Crippen LogP contribution is -2.44. The summed E-state index contributed by atoms with van der Waals surface area (Å²) in [6.45, 7) is 0.714. The molecule has 2 N–H and O–H groups in total. The molecule has 0 aromatic rings. The molecule has 0 bridgehead atoms. The molecule has 1 aliphatic carbocycles. The van der Waals surface area contributed by atoms with Gasteiger partial charge < -0.3 is 10.6 Å². The Morgan fingerprint density at radius 2 is 2.00 bits per heavy atom. The van der Waals surface area contributed by atoms with Crippen molar-refractivity contribution in [2.45, 2.75) is 31.7 Å². The normalized spacial score (nSPS) is 28.4. The maximum absolute atomic E-state index is 11.4. The van der Waals surface area contributed by atoms with E-state index in [1.807, 2.05) is 0 Å². The van der Waals surface area contributed by atoms with E-state index in [0.717, 1.165) is 0 Å². The molecular formula is C10H18N2O3S. The lowest BCUT2D eigenvalue weighted by Gasteiger charge is -2.25. The number of urea groups is 1. The molecule has 1 atom stereocenters. The second kappa shape index (κ2) is 4.61. The second-order valence-corrected chi connectivity index (χ2v) is 6.98. The Morgan fingerprint density at radius 3 is 2.50 bits per heavy atom. The van der Waals surface area contributed by atoms with Gasteiger partial charge in [0.1, 0.15) is 0 Å². The van der Waals surface area contributed by atoms with Gasteiger partial charge in [-0.3, -0.25) is 0 Å². The summed E-state index contributed by atoms with van der Waals surface area (Å²) in [5.74, 6) is 0.905. The van der Waals surface area contributed by atoms with E-state index in [1.54, 1.807) is 0 Å². The van der Waals surface area contributed by atoms with Gasteiger partial charge in [-0.05, 0) is 25.2 Å². The maximum Gasteiger partial charge on any atom is 0.315 e. The molecule has 1 heterocycles. The van der Waals surface area contributed by atoms with Gasteiger partial charge in [0.25, 0.3) is 0 Å². The quantitative estimate of drug-likeness (QED) is 0.750. The molecule has 0 unspecified atom stereocenters. The third-order valence-electron chi connectivity index (χ3n) is 3.34. The Hall–Kier alpha value is -0.780. The van der Waals surface area contributed by atoms with Crippen molar-refractivity contribution in [2.24, 2.45) is 5.92 Å². The largest absolute Gasteiger partial charge is 0.338 e. The van der Waals surface area contributed by atoms with Crippen LogP contribution in [0.25, 0.3) is 0 Å². The number of carbonyl (C=O) groups is 1. The molecule has 6 heteroatoms. The van der Waals surface area contributed by atoms with E-state index in [4.69, 9.17) is 0 Å². The van der Waals surface area contributed by atoms with Gasteiger partial charge in [-0.1, -0.05) is 6.42 Å². The zero-order chi connectivity index (χ0) is 11.6. The van der Waals surface area contributed by atoms with Gasteiger partial charge in [-0.25, -0.2) is 13.2 Å². The summed E-state index contributed by atoms with van der Waals surface area (Å²) in [7, 11) is -2.91. The Morgan fingerprint density at radius 1 is 1.25 bits per heavy atom. The zero-order valence-corrected chi connectivity index (χ0v) is 10.1. The first-order chi connectivity index (χ1) is 7.55. The fourth-order valence-electron chi connectivity index (χ4n) is 2.08. The van der Waals surface area contributed by atoms with E-state index in [9.17, 15) is 13.2 Å². The summed E-state index contributed by atoms with van der Waals surface area (Å²) in [5.41, 5.74) is 0. The molecular weight excluding hydrogens is 228 g/mol. The molecule has 92 valence electrons. The fourth-order valence-corrected chi connectivity index (χ4v) is 3.75. The summed E-state index contributed by atoms with van der Waals surface area (Å²) in [5, 5.41) is 5.50. The van der Waals surface area contributed by atoms with E-state index in [-0.39, 0.29) is 23.6 Å². The Bertz CT molecular complexity index is 362. The monoisotopic (exact) mass is 246 g/mol. The highest BCUT2D eigenvalue weighted by Gasteiger charge is 2.29. The highest BCUT2D eigenvalue weighted by Crippen LogP contribution is 2.25. The van der Waals surface area contributed by atoms with Crippen LogP contribution in [-0.4, -0.2) is 38.5 Å². The van der Waals surface area contributed by atoms with Crippen molar-refractivity contribution in [3.8, 4) is 0 Å². The van der Waals surface area contributed by atoms with Crippen molar-refractivity contribution in [1.29, 1.82) is 0 Å². The number of amides is 2. The molecule has 1 saturated heterocycles. The molecule has 16 heavy (non-hydrogen) atoms. The van der Waals surface area contributed by atoms with Crippen LogP contribution in [-0.2, 0) is 9.84 Å². The number of rotatable bonds is 3. The van der Waals surface area contributed by atoms with Crippen molar-refractivity contribution >= 4 is 15.9 Å². The van der Waals surface area contributed by atoms with Crippen molar-refractivity contribution in [3.63, 3.8) is 0 Å². The number of nitrogens with one attached hydrogen (secondary N) is 2. The average Bonchev–Trinajstić information content (AvgIpc) is 2.42. The van der Waals surface area contributed by atoms with Gasteiger partial charge in [0.05, 0.1) is 11.5 Å². The van der Waals surface area contributed by atoms with E-state index in [1.165, 1.54) is 19.3 Å². The molecule has 0 radical (unpaired) electrons. The molecule has 2 fully saturated rings. The summed E-state index contributed by atoms with van der Waals surface area (Å²) >= 11 is 0. The van der Waals surface area contributed by atoms with Gasteiger partial charge in [-0.15, -0.1) is 0 Å². The van der Waals surface area contributed by atoms with Crippen LogP contribution in [0.2, 0.25) is 0 Å². The van der Waals surface area contributed by atoms with Crippen molar-refractivity contribution < 1.29 is 13.2 Å². The first-order valence-electron chi connectivity index (χ1n) is 5.80. The first kappa shape index (κ1) is 11.7. The van der Waals surface area contributed by atoms with Crippen LogP contribution < -0.4 is 10.6 Å². The van der Waals surface area contributed by atoms with Gasteiger partial charge >= 0.3 is 6.03 Å². The minimum absolute atomic E-state index is 0.0872. The minimum Gasteiger partial charge on any atom is -0.338 e. The van der Waals surface area contributed by atoms with E-state index in [0.29, 0.717) is 18.9 Å². The number of carbonyl (C=O) groups excluding carboxylic acids is 1. The molecule has 1 saturated carbocycles. The number of sulfone groups is 1. The Balaban J connectivity index is 1.67. The highest BCUT2D eigenvalue weighted by atomic mass is 32.2. The Labute approximate surface area is 95.9 Å². The Kier molecular flexibility index (Phi) is 3.37. The third kappa shape index (κ3) is 3.10. The minimum atomic E-state index is -2.91. The maximum atomic E-state index is 11.4. The average molecular weight is 246 g/mol. The van der Waals surface area contributed by atoms with Gasteiger partial charge in [0, 0.05) is 12.6 Å². The van der Waals surface area contributed by atoms with Crippen molar-refractivity contribution in [3.05, 3.63) is 0 Å². The molecule has 0 aromatic carbocycles. The highest BCUT2D eigenvalue weighted by molar-refractivity contribution is 7.91. The van der Waals surface area contributed by atoms with Crippen LogP contribution >= 0.6 is 0 Å².